The lowest BCUT2D eigenvalue weighted by Gasteiger charge is -2.12. The van der Waals surface area contributed by atoms with Gasteiger partial charge in [0.1, 0.15) is 36.2 Å². The van der Waals surface area contributed by atoms with Crippen LogP contribution in [0.2, 0.25) is 0 Å². The minimum Gasteiger partial charge on any atom is -0.492 e. The summed E-state index contributed by atoms with van der Waals surface area (Å²) in [6, 6.07) is 10.7. The number of nitrogens with one attached hydrogen (secondary N) is 2. The van der Waals surface area contributed by atoms with Gasteiger partial charge in [0, 0.05) is 53.4 Å². The van der Waals surface area contributed by atoms with Crippen LogP contribution in [0.1, 0.15) is 0 Å². The van der Waals surface area contributed by atoms with Gasteiger partial charge in [-0.15, -0.1) is 0 Å². The van der Waals surface area contributed by atoms with Crippen LogP contribution in [0.25, 0.3) is 55.6 Å². The molecular formula is C32H33FN8O2. The van der Waals surface area contributed by atoms with Crippen molar-refractivity contribution < 1.29 is 13.9 Å². The predicted molar refractivity (Wildman–Crippen MR) is 166 cm³/mol. The van der Waals surface area contributed by atoms with Gasteiger partial charge in [0.05, 0.1) is 41.0 Å². The van der Waals surface area contributed by atoms with Gasteiger partial charge >= 0.3 is 0 Å². The van der Waals surface area contributed by atoms with E-state index in [0.29, 0.717) is 30.3 Å². The molecule has 0 radical (unpaired) electrons. The maximum Gasteiger partial charge on any atom is 0.138 e. The molecule has 0 aliphatic rings. The molecule has 5 heterocycles. The Morgan fingerprint density at radius 1 is 0.721 bits per heavy atom. The summed E-state index contributed by atoms with van der Waals surface area (Å²) in [6.45, 7) is 2.55. The van der Waals surface area contributed by atoms with Crippen molar-refractivity contribution in [1.82, 2.24) is 39.9 Å². The van der Waals surface area contributed by atoms with Crippen molar-refractivity contribution in [3.05, 3.63) is 73.2 Å². The Bertz CT molecular complexity index is 1880. The summed E-state index contributed by atoms with van der Waals surface area (Å²) < 4.78 is 26.3. The second kappa shape index (κ2) is 12.2. The summed E-state index contributed by atoms with van der Waals surface area (Å²) in [4.78, 5) is 20.9. The molecule has 11 heteroatoms. The lowest BCUT2D eigenvalue weighted by Crippen LogP contribution is -2.19. The molecule has 0 unspecified atom stereocenters. The first-order valence-corrected chi connectivity index (χ1v) is 14.0. The molecule has 0 spiro atoms. The number of pyridine rings is 3. The van der Waals surface area contributed by atoms with Crippen molar-refractivity contribution in [2.45, 2.75) is 0 Å². The van der Waals surface area contributed by atoms with E-state index in [9.17, 15) is 4.39 Å². The number of aromatic nitrogens is 6. The minimum atomic E-state index is -0.370. The molecule has 220 valence electrons. The number of rotatable bonds is 11. The molecule has 0 saturated carbocycles. The average molecular weight is 581 g/mol. The first kappa shape index (κ1) is 28.3. The van der Waals surface area contributed by atoms with Crippen molar-refractivity contribution in [2.75, 3.05) is 54.5 Å². The second-order valence-electron chi connectivity index (χ2n) is 10.9. The van der Waals surface area contributed by atoms with Gasteiger partial charge in [-0.2, -0.15) is 5.10 Å². The van der Waals surface area contributed by atoms with E-state index in [1.54, 1.807) is 31.0 Å². The topological polar surface area (TPSA) is 108 Å². The van der Waals surface area contributed by atoms with Crippen LogP contribution in [0.4, 0.5) is 4.39 Å². The summed E-state index contributed by atoms with van der Waals surface area (Å²) in [6.07, 6.45) is 8.73. The maximum absolute atomic E-state index is 14.6. The SMILES string of the molecule is CN(C)CCOc1cncc(-c2cc3c(-c4cc5c(-c6cc(F)cc(OCCN(C)C)c6)cncc5[nH]4)n[nH]c3cn2)c1. The van der Waals surface area contributed by atoms with Crippen molar-refractivity contribution in [2.24, 2.45) is 0 Å². The fourth-order valence-electron chi connectivity index (χ4n) is 4.82. The number of ether oxygens (including phenoxy) is 2. The third-order valence-corrected chi connectivity index (χ3v) is 7.05. The Labute approximate surface area is 248 Å². The molecule has 0 fully saturated rings. The largest absolute Gasteiger partial charge is 0.492 e. The minimum absolute atomic E-state index is 0.370. The van der Waals surface area contributed by atoms with E-state index in [1.165, 1.54) is 12.1 Å². The van der Waals surface area contributed by atoms with Crippen LogP contribution in [0.15, 0.2) is 67.4 Å². The highest BCUT2D eigenvalue weighted by atomic mass is 19.1. The van der Waals surface area contributed by atoms with Gasteiger partial charge in [0.2, 0.25) is 0 Å². The Hall–Kier alpha value is -4.87. The third-order valence-electron chi connectivity index (χ3n) is 7.05. The van der Waals surface area contributed by atoms with Gasteiger partial charge in [-0.3, -0.25) is 20.1 Å². The normalized spacial score (nSPS) is 11.7. The fraction of sp³-hybridized carbons (Fsp3) is 0.250. The molecule has 2 N–H and O–H groups in total. The standard InChI is InChI=1S/C32H33FN8O2/c1-40(2)5-7-42-23-10-20(9-22(33)12-23)27-17-35-18-30-25(27)13-29(37-30)32-26-14-28(36-19-31(26)38-39-32)21-11-24(16-34-15-21)43-8-6-41(3)4/h9-19,37H,5-8H2,1-4H3,(H,38,39). The van der Waals surface area contributed by atoms with Crippen LogP contribution in [0, 0.1) is 5.82 Å². The molecular weight excluding hydrogens is 547 g/mol. The lowest BCUT2D eigenvalue weighted by molar-refractivity contribution is 0.260. The summed E-state index contributed by atoms with van der Waals surface area (Å²) >= 11 is 0. The van der Waals surface area contributed by atoms with E-state index in [2.05, 4.69) is 35.0 Å². The molecule has 5 aromatic heterocycles. The van der Waals surface area contributed by atoms with E-state index >= 15 is 0 Å². The Balaban J connectivity index is 1.33. The smallest absolute Gasteiger partial charge is 0.138 e. The van der Waals surface area contributed by atoms with Crippen LogP contribution < -0.4 is 9.47 Å². The summed E-state index contributed by atoms with van der Waals surface area (Å²) in [7, 11) is 7.94. The van der Waals surface area contributed by atoms with Crippen LogP contribution in [-0.4, -0.2) is 94.4 Å². The number of H-pyrrole nitrogens is 2. The van der Waals surface area contributed by atoms with Gasteiger partial charge in [0.25, 0.3) is 0 Å². The molecule has 0 aliphatic heterocycles. The molecule has 43 heavy (non-hydrogen) atoms. The van der Waals surface area contributed by atoms with Gasteiger partial charge < -0.3 is 24.3 Å². The number of halogens is 1. The molecule has 6 rings (SSSR count). The predicted octanol–water partition coefficient (Wildman–Crippen LogP) is 5.25. The molecule has 6 aromatic rings. The molecule has 0 bridgehead atoms. The zero-order valence-electron chi connectivity index (χ0n) is 24.6. The summed E-state index contributed by atoms with van der Waals surface area (Å²) in [5.74, 6) is 0.794. The van der Waals surface area contributed by atoms with Crippen molar-refractivity contribution >= 4 is 21.8 Å². The van der Waals surface area contributed by atoms with Gasteiger partial charge in [0.15, 0.2) is 0 Å². The first-order chi connectivity index (χ1) is 20.8. The van der Waals surface area contributed by atoms with E-state index in [-0.39, 0.29) is 5.82 Å². The van der Waals surface area contributed by atoms with Crippen LogP contribution >= 0.6 is 0 Å². The average Bonchev–Trinajstić information content (AvgIpc) is 3.60. The molecule has 0 aliphatic carbocycles. The van der Waals surface area contributed by atoms with Crippen LogP contribution in [-0.2, 0) is 0 Å². The Morgan fingerprint density at radius 3 is 2.26 bits per heavy atom. The van der Waals surface area contributed by atoms with E-state index in [4.69, 9.17) is 9.47 Å². The highest BCUT2D eigenvalue weighted by Gasteiger charge is 2.16. The fourth-order valence-corrected chi connectivity index (χ4v) is 4.82. The number of fused-ring (bicyclic) bond motifs is 2. The number of nitrogens with zero attached hydrogens (tertiary/aromatic N) is 6. The zero-order valence-corrected chi connectivity index (χ0v) is 24.6. The van der Waals surface area contributed by atoms with E-state index < -0.39 is 0 Å². The molecule has 0 amide bonds. The van der Waals surface area contributed by atoms with E-state index in [1.807, 2.05) is 57.4 Å². The molecule has 10 nitrogen and oxygen atoms in total. The number of benzene rings is 1. The van der Waals surface area contributed by atoms with Crippen LogP contribution in [0.3, 0.4) is 0 Å². The summed E-state index contributed by atoms with van der Waals surface area (Å²) in [5, 5.41) is 9.48. The van der Waals surface area contributed by atoms with Crippen molar-refractivity contribution in [3.8, 4) is 45.3 Å². The lowest BCUT2D eigenvalue weighted by atomic mass is 10.0. The number of hydrogen-bond acceptors (Lipinski definition) is 8. The van der Waals surface area contributed by atoms with E-state index in [0.717, 1.165) is 63.1 Å². The molecule has 0 saturated heterocycles. The van der Waals surface area contributed by atoms with Crippen molar-refractivity contribution in [3.63, 3.8) is 0 Å². The van der Waals surface area contributed by atoms with Gasteiger partial charge in [-0.1, -0.05) is 0 Å². The highest BCUT2D eigenvalue weighted by Crippen LogP contribution is 2.35. The monoisotopic (exact) mass is 580 g/mol. The molecule has 0 atom stereocenters. The van der Waals surface area contributed by atoms with Gasteiger partial charge in [-0.05, 0) is 64.1 Å². The number of likely N-dealkylation sites (N-methyl/N-ethyl adjacent to an activating group) is 2. The second-order valence-corrected chi connectivity index (χ2v) is 10.9. The van der Waals surface area contributed by atoms with Gasteiger partial charge in [-0.25, -0.2) is 4.39 Å². The van der Waals surface area contributed by atoms with Crippen molar-refractivity contribution in [1.29, 1.82) is 0 Å². The third kappa shape index (κ3) is 6.32. The summed E-state index contributed by atoms with van der Waals surface area (Å²) in [5.41, 5.74) is 6.20. The molecule has 1 aromatic carbocycles. The zero-order chi connectivity index (χ0) is 29.9. The maximum atomic E-state index is 14.6. The first-order valence-electron chi connectivity index (χ1n) is 14.0. The number of hydrogen-bond donors (Lipinski definition) is 2. The Kier molecular flexibility index (Phi) is 7.99. The quantitative estimate of drug-likeness (QED) is 0.214. The van der Waals surface area contributed by atoms with Crippen LogP contribution in [0.5, 0.6) is 11.5 Å². The Morgan fingerprint density at radius 2 is 1.47 bits per heavy atom. The number of aromatic amines is 2. The highest BCUT2D eigenvalue weighted by molar-refractivity contribution is 6.01.